The zero-order chi connectivity index (χ0) is 13.9. The van der Waals surface area contributed by atoms with Crippen molar-refractivity contribution in [1.82, 2.24) is 5.32 Å². The predicted octanol–water partition coefficient (Wildman–Crippen LogP) is 3.35. The largest absolute Gasteiger partial charge is 0.384 e. The first-order chi connectivity index (χ1) is 9.76. The summed E-state index contributed by atoms with van der Waals surface area (Å²) in [4.78, 5) is 12.3. The number of rotatable bonds is 3. The molecule has 1 saturated carbocycles. The lowest BCUT2D eigenvalue weighted by Gasteiger charge is -2.28. The Labute approximate surface area is 121 Å². The van der Waals surface area contributed by atoms with Gasteiger partial charge in [-0.05, 0) is 55.7 Å². The van der Waals surface area contributed by atoms with Gasteiger partial charge < -0.3 is 10.6 Å². The number of hydrogen-bond donors (Lipinski definition) is 2. The maximum absolute atomic E-state index is 12.3. The standard InChI is InChI=1S/C17H24N2O/c1-2-12-3-7-15(8-4-12)19-17(20)14-6-5-13-9-10-18-16(13)11-14/h5-6,11-12,15,18H,2-4,7-10H2,1H3,(H,19,20). The molecule has 0 aromatic heterocycles. The minimum Gasteiger partial charge on any atom is -0.384 e. The first-order valence-electron chi connectivity index (χ1n) is 7.94. The average molecular weight is 272 g/mol. The maximum Gasteiger partial charge on any atom is 0.251 e. The number of carbonyl (C=O) groups excluding carboxylic acids is 1. The van der Waals surface area contributed by atoms with E-state index in [1.165, 1.54) is 24.8 Å². The van der Waals surface area contributed by atoms with Gasteiger partial charge in [0.1, 0.15) is 0 Å². The van der Waals surface area contributed by atoms with E-state index in [0.717, 1.165) is 43.0 Å². The third kappa shape index (κ3) is 2.82. The van der Waals surface area contributed by atoms with Crippen molar-refractivity contribution in [2.45, 2.75) is 51.5 Å². The zero-order valence-corrected chi connectivity index (χ0v) is 12.2. The molecule has 1 amide bonds. The molecule has 1 heterocycles. The van der Waals surface area contributed by atoms with Gasteiger partial charge >= 0.3 is 0 Å². The highest BCUT2D eigenvalue weighted by atomic mass is 16.1. The summed E-state index contributed by atoms with van der Waals surface area (Å²) in [7, 11) is 0. The van der Waals surface area contributed by atoms with Crippen LogP contribution in [0.3, 0.4) is 0 Å². The number of fused-ring (bicyclic) bond motifs is 1. The third-order valence-electron chi connectivity index (χ3n) is 4.84. The molecule has 0 bridgehead atoms. The molecule has 3 nitrogen and oxygen atoms in total. The Kier molecular flexibility index (Phi) is 3.95. The van der Waals surface area contributed by atoms with E-state index >= 15 is 0 Å². The Morgan fingerprint density at radius 2 is 2.10 bits per heavy atom. The minimum atomic E-state index is 0.0847. The van der Waals surface area contributed by atoms with Crippen LogP contribution in [0, 0.1) is 5.92 Å². The smallest absolute Gasteiger partial charge is 0.251 e. The van der Waals surface area contributed by atoms with Crippen LogP contribution in [0.25, 0.3) is 0 Å². The summed E-state index contributed by atoms with van der Waals surface area (Å²) in [5, 5.41) is 6.54. The molecule has 0 radical (unpaired) electrons. The fourth-order valence-electron chi connectivity index (χ4n) is 3.42. The summed E-state index contributed by atoms with van der Waals surface area (Å²) in [6, 6.07) is 6.40. The van der Waals surface area contributed by atoms with Crippen LogP contribution in [0.1, 0.15) is 54.9 Å². The molecule has 1 aromatic rings. The van der Waals surface area contributed by atoms with Crippen molar-refractivity contribution in [2.24, 2.45) is 5.92 Å². The van der Waals surface area contributed by atoms with Crippen LogP contribution in [-0.2, 0) is 6.42 Å². The number of hydrogen-bond acceptors (Lipinski definition) is 2. The molecule has 1 aliphatic heterocycles. The van der Waals surface area contributed by atoms with Crippen molar-refractivity contribution >= 4 is 11.6 Å². The highest BCUT2D eigenvalue weighted by molar-refractivity contribution is 5.95. The van der Waals surface area contributed by atoms with E-state index in [9.17, 15) is 4.79 Å². The summed E-state index contributed by atoms with van der Waals surface area (Å²) in [5.74, 6) is 0.953. The van der Waals surface area contributed by atoms with Crippen LogP contribution in [0.4, 0.5) is 5.69 Å². The van der Waals surface area contributed by atoms with Crippen LogP contribution in [0.15, 0.2) is 18.2 Å². The fourth-order valence-corrected chi connectivity index (χ4v) is 3.42. The van der Waals surface area contributed by atoms with Crippen molar-refractivity contribution in [3.8, 4) is 0 Å². The SMILES string of the molecule is CCC1CCC(NC(=O)c2ccc3c(c2)NCC3)CC1. The molecule has 0 unspecified atom stereocenters. The Morgan fingerprint density at radius 3 is 2.85 bits per heavy atom. The molecule has 2 aliphatic rings. The topological polar surface area (TPSA) is 41.1 Å². The maximum atomic E-state index is 12.3. The molecular weight excluding hydrogens is 248 g/mol. The Bertz CT molecular complexity index is 490. The molecule has 1 fully saturated rings. The lowest BCUT2D eigenvalue weighted by Crippen LogP contribution is -2.37. The number of nitrogens with one attached hydrogen (secondary N) is 2. The number of amides is 1. The second kappa shape index (κ2) is 5.86. The summed E-state index contributed by atoms with van der Waals surface area (Å²) >= 11 is 0. The van der Waals surface area contributed by atoms with Crippen LogP contribution in [0.5, 0.6) is 0 Å². The highest BCUT2D eigenvalue weighted by Crippen LogP contribution is 2.27. The first kappa shape index (κ1) is 13.5. The molecule has 0 spiro atoms. The molecule has 0 atom stereocenters. The van der Waals surface area contributed by atoms with Gasteiger partial charge in [0.25, 0.3) is 5.91 Å². The Balaban J connectivity index is 1.59. The van der Waals surface area contributed by atoms with Gasteiger partial charge in [0, 0.05) is 23.8 Å². The van der Waals surface area contributed by atoms with Crippen molar-refractivity contribution in [2.75, 3.05) is 11.9 Å². The number of carbonyl (C=O) groups is 1. The lowest BCUT2D eigenvalue weighted by molar-refractivity contribution is 0.0921. The lowest BCUT2D eigenvalue weighted by atomic mass is 9.84. The van der Waals surface area contributed by atoms with Crippen molar-refractivity contribution in [3.63, 3.8) is 0 Å². The van der Waals surface area contributed by atoms with E-state index in [0.29, 0.717) is 6.04 Å². The van der Waals surface area contributed by atoms with Crippen molar-refractivity contribution in [3.05, 3.63) is 29.3 Å². The van der Waals surface area contributed by atoms with E-state index in [1.807, 2.05) is 12.1 Å². The molecule has 108 valence electrons. The summed E-state index contributed by atoms with van der Waals surface area (Å²) in [5.41, 5.74) is 3.24. The quantitative estimate of drug-likeness (QED) is 0.886. The second-order valence-corrected chi connectivity index (χ2v) is 6.15. The minimum absolute atomic E-state index is 0.0847. The van der Waals surface area contributed by atoms with Gasteiger partial charge in [-0.2, -0.15) is 0 Å². The molecule has 0 saturated heterocycles. The molecule has 1 aliphatic carbocycles. The Hall–Kier alpha value is -1.51. The van der Waals surface area contributed by atoms with E-state index < -0.39 is 0 Å². The van der Waals surface area contributed by atoms with Crippen LogP contribution in [0.2, 0.25) is 0 Å². The van der Waals surface area contributed by atoms with Crippen LogP contribution >= 0.6 is 0 Å². The van der Waals surface area contributed by atoms with Crippen molar-refractivity contribution < 1.29 is 4.79 Å². The van der Waals surface area contributed by atoms with E-state index in [-0.39, 0.29) is 5.91 Å². The number of anilines is 1. The molecule has 20 heavy (non-hydrogen) atoms. The summed E-state index contributed by atoms with van der Waals surface area (Å²) in [6.07, 6.45) is 7.12. The molecule has 2 N–H and O–H groups in total. The third-order valence-corrected chi connectivity index (χ3v) is 4.84. The first-order valence-corrected chi connectivity index (χ1v) is 7.94. The molecule has 1 aromatic carbocycles. The van der Waals surface area contributed by atoms with E-state index in [4.69, 9.17) is 0 Å². The monoisotopic (exact) mass is 272 g/mol. The average Bonchev–Trinajstić information content (AvgIpc) is 2.95. The molecule has 3 heteroatoms. The van der Waals surface area contributed by atoms with Gasteiger partial charge in [0.15, 0.2) is 0 Å². The molecular formula is C17H24N2O. The zero-order valence-electron chi connectivity index (χ0n) is 12.2. The van der Waals surface area contributed by atoms with Crippen LogP contribution < -0.4 is 10.6 Å². The summed E-state index contributed by atoms with van der Waals surface area (Å²) in [6.45, 7) is 3.25. The van der Waals surface area contributed by atoms with Gasteiger partial charge in [-0.3, -0.25) is 4.79 Å². The summed E-state index contributed by atoms with van der Waals surface area (Å²) < 4.78 is 0. The van der Waals surface area contributed by atoms with Gasteiger partial charge in [-0.25, -0.2) is 0 Å². The van der Waals surface area contributed by atoms with Gasteiger partial charge in [0.2, 0.25) is 0 Å². The number of benzene rings is 1. The van der Waals surface area contributed by atoms with E-state index in [1.54, 1.807) is 0 Å². The normalized spacial score (nSPS) is 24.9. The van der Waals surface area contributed by atoms with Gasteiger partial charge in [-0.15, -0.1) is 0 Å². The second-order valence-electron chi connectivity index (χ2n) is 6.15. The Morgan fingerprint density at radius 1 is 1.30 bits per heavy atom. The molecule has 3 rings (SSSR count). The predicted molar refractivity (Wildman–Crippen MR) is 82.1 cm³/mol. The highest BCUT2D eigenvalue weighted by Gasteiger charge is 2.22. The van der Waals surface area contributed by atoms with Crippen LogP contribution in [-0.4, -0.2) is 18.5 Å². The van der Waals surface area contributed by atoms with Gasteiger partial charge in [-0.1, -0.05) is 19.4 Å². The fraction of sp³-hybridized carbons (Fsp3) is 0.588. The van der Waals surface area contributed by atoms with E-state index in [2.05, 4.69) is 23.6 Å². The van der Waals surface area contributed by atoms with Crippen molar-refractivity contribution in [1.29, 1.82) is 0 Å². The van der Waals surface area contributed by atoms with Gasteiger partial charge in [0.05, 0.1) is 0 Å².